The molecule has 0 saturated carbocycles. The van der Waals surface area contributed by atoms with E-state index in [0.29, 0.717) is 11.3 Å². The average molecular weight is 268 g/mol. The summed E-state index contributed by atoms with van der Waals surface area (Å²) >= 11 is 0. The minimum absolute atomic E-state index is 0.0906. The zero-order chi connectivity index (χ0) is 14.1. The summed E-state index contributed by atoms with van der Waals surface area (Å²) in [6, 6.07) is 12.4. The van der Waals surface area contributed by atoms with Crippen molar-refractivity contribution in [2.75, 3.05) is 23.8 Å². The second kappa shape index (κ2) is 4.89. The molecule has 0 aromatic heterocycles. The number of carbonyl (C=O) groups is 1. The summed E-state index contributed by atoms with van der Waals surface area (Å²) in [6.45, 7) is 0.926. The molecule has 2 aromatic carbocycles. The molecule has 1 heterocycles. The van der Waals surface area contributed by atoms with E-state index in [4.69, 9.17) is 0 Å². The first-order valence-electron chi connectivity index (χ1n) is 6.59. The number of phenols is 1. The molecule has 102 valence electrons. The van der Waals surface area contributed by atoms with Gasteiger partial charge in [0.05, 0.1) is 0 Å². The van der Waals surface area contributed by atoms with Gasteiger partial charge in [-0.3, -0.25) is 4.79 Å². The normalized spacial score (nSPS) is 12.7. The van der Waals surface area contributed by atoms with Gasteiger partial charge in [0, 0.05) is 36.6 Å². The van der Waals surface area contributed by atoms with Gasteiger partial charge in [0.2, 0.25) is 0 Å². The number of hydrogen-bond acceptors (Lipinski definition) is 3. The fraction of sp³-hybridized carbons (Fsp3) is 0.188. The van der Waals surface area contributed by atoms with Crippen molar-refractivity contribution in [2.45, 2.75) is 6.42 Å². The summed E-state index contributed by atoms with van der Waals surface area (Å²) in [5.41, 5.74) is 3.61. The van der Waals surface area contributed by atoms with Gasteiger partial charge in [-0.15, -0.1) is 0 Å². The van der Waals surface area contributed by atoms with Gasteiger partial charge in [0.1, 0.15) is 5.75 Å². The summed E-state index contributed by atoms with van der Waals surface area (Å²) in [4.78, 5) is 14.0. The van der Waals surface area contributed by atoms with Crippen LogP contribution in [-0.4, -0.2) is 24.6 Å². The van der Waals surface area contributed by atoms with E-state index in [-0.39, 0.29) is 11.7 Å². The molecule has 0 bridgehead atoms. The largest absolute Gasteiger partial charge is 0.508 e. The topological polar surface area (TPSA) is 52.6 Å². The second-order valence-electron chi connectivity index (χ2n) is 4.93. The average Bonchev–Trinajstić information content (AvgIpc) is 2.93. The Bertz CT molecular complexity index is 667. The molecule has 2 aromatic rings. The SMILES string of the molecule is CN(C(=O)c1ccc2c(c1)NCC2)c1cccc(O)c1. The first kappa shape index (κ1) is 12.5. The molecule has 1 aliphatic heterocycles. The summed E-state index contributed by atoms with van der Waals surface area (Å²) in [7, 11) is 1.71. The highest BCUT2D eigenvalue weighted by molar-refractivity contribution is 6.06. The van der Waals surface area contributed by atoms with Crippen LogP contribution in [0.3, 0.4) is 0 Å². The van der Waals surface area contributed by atoms with Crippen LogP contribution >= 0.6 is 0 Å². The molecular formula is C16H16N2O2. The fourth-order valence-electron chi connectivity index (χ4n) is 2.44. The first-order chi connectivity index (χ1) is 9.65. The van der Waals surface area contributed by atoms with E-state index in [0.717, 1.165) is 18.7 Å². The predicted octanol–water partition coefficient (Wildman–Crippen LogP) is 2.64. The number of carbonyl (C=O) groups excluding carboxylic acids is 1. The Labute approximate surface area is 117 Å². The Hall–Kier alpha value is -2.49. The van der Waals surface area contributed by atoms with Gasteiger partial charge in [-0.25, -0.2) is 0 Å². The van der Waals surface area contributed by atoms with Gasteiger partial charge >= 0.3 is 0 Å². The lowest BCUT2D eigenvalue weighted by molar-refractivity contribution is 0.0993. The summed E-state index contributed by atoms with van der Waals surface area (Å²) < 4.78 is 0. The van der Waals surface area contributed by atoms with Crippen molar-refractivity contribution in [3.05, 3.63) is 53.6 Å². The minimum Gasteiger partial charge on any atom is -0.508 e. The Morgan fingerprint density at radius 1 is 1.25 bits per heavy atom. The van der Waals surface area contributed by atoms with E-state index in [1.807, 2.05) is 18.2 Å². The molecule has 0 atom stereocenters. The highest BCUT2D eigenvalue weighted by atomic mass is 16.3. The van der Waals surface area contributed by atoms with Crippen molar-refractivity contribution in [1.82, 2.24) is 0 Å². The standard InChI is InChI=1S/C16H16N2O2/c1-18(13-3-2-4-14(19)10-13)16(20)12-6-5-11-7-8-17-15(11)9-12/h2-6,9-10,17,19H,7-8H2,1H3. The number of aromatic hydroxyl groups is 1. The van der Waals surface area contributed by atoms with E-state index in [1.165, 1.54) is 10.5 Å². The number of amides is 1. The summed E-state index contributed by atoms with van der Waals surface area (Å²) in [5, 5.41) is 12.8. The monoisotopic (exact) mass is 268 g/mol. The van der Waals surface area contributed by atoms with Crippen LogP contribution in [0.1, 0.15) is 15.9 Å². The molecule has 2 N–H and O–H groups in total. The predicted molar refractivity (Wildman–Crippen MR) is 79.5 cm³/mol. The van der Waals surface area contributed by atoms with Crippen LogP contribution in [0.15, 0.2) is 42.5 Å². The first-order valence-corrected chi connectivity index (χ1v) is 6.59. The molecule has 0 radical (unpaired) electrons. The molecule has 0 fully saturated rings. The molecule has 0 spiro atoms. The quantitative estimate of drug-likeness (QED) is 0.880. The molecule has 20 heavy (non-hydrogen) atoms. The van der Waals surface area contributed by atoms with Crippen molar-refractivity contribution >= 4 is 17.3 Å². The maximum atomic E-state index is 12.5. The molecule has 0 unspecified atom stereocenters. The van der Waals surface area contributed by atoms with Gasteiger partial charge in [-0.05, 0) is 36.2 Å². The lowest BCUT2D eigenvalue weighted by atomic mass is 10.1. The number of fused-ring (bicyclic) bond motifs is 1. The molecule has 1 aliphatic rings. The van der Waals surface area contributed by atoms with Crippen LogP contribution in [0, 0.1) is 0 Å². The van der Waals surface area contributed by atoms with Crippen LogP contribution in [0.2, 0.25) is 0 Å². The number of nitrogens with zero attached hydrogens (tertiary/aromatic N) is 1. The van der Waals surface area contributed by atoms with Gasteiger partial charge in [-0.1, -0.05) is 12.1 Å². The van der Waals surface area contributed by atoms with Crippen LogP contribution in [0.4, 0.5) is 11.4 Å². The van der Waals surface area contributed by atoms with Crippen molar-refractivity contribution in [2.24, 2.45) is 0 Å². The Morgan fingerprint density at radius 2 is 2.10 bits per heavy atom. The highest BCUT2D eigenvalue weighted by Crippen LogP contribution is 2.25. The Morgan fingerprint density at radius 3 is 2.90 bits per heavy atom. The smallest absolute Gasteiger partial charge is 0.258 e. The molecular weight excluding hydrogens is 252 g/mol. The van der Waals surface area contributed by atoms with E-state index >= 15 is 0 Å². The molecule has 4 heteroatoms. The maximum absolute atomic E-state index is 12.5. The van der Waals surface area contributed by atoms with Crippen molar-refractivity contribution in [3.63, 3.8) is 0 Å². The van der Waals surface area contributed by atoms with Crippen molar-refractivity contribution in [3.8, 4) is 5.75 Å². The third kappa shape index (κ3) is 2.20. The number of phenolic OH excluding ortho intramolecular Hbond substituents is 1. The van der Waals surface area contributed by atoms with Crippen LogP contribution < -0.4 is 10.2 Å². The van der Waals surface area contributed by atoms with Crippen LogP contribution in [-0.2, 0) is 6.42 Å². The van der Waals surface area contributed by atoms with E-state index in [2.05, 4.69) is 5.32 Å². The van der Waals surface area contributed by atoms with Crippen LogP contribution in [0.25, 0.3) is 0 Å². The van der Waals surface area contributed by atoms with E-state index < -0.39 is 0 Å². The van der Waals surface area contributed by atoms with Crippen molar-refractivity contribution < 1.29 is 9.90 Å². The summed E-state index contributed by atoms with van der Waals surface area (Å²) in [5.74, 6) is 0.0601. The van der Waals surface area contributed by atoms with Gasteiger partial charge < -0.3 is 15.3 Å². The van der Waals surface area contributed by atoms with Crippen LogP contribution in [0.5, 0.6) is 5.75 Å². The Balaban J connectivity index is 1.88. The zero-order valence-electron chi connectivity index (χ0n) is 11.3. The second-order valence-corrected chi connectivity index (χ2v) is 4.93. The molecule has 0 saturated heterocycles. The minimum atomic E-state index is -0.0906. The number of rotatable bonds is 2. The fourth-order valence-corrected chi connectivity index (χ4v) is 2.44. The third-order valence-electron chi connectivity index (χ3n) is 3.59. The van der Waals surface area contributed by atoms with E-state index in [1.54, 1.807) is 31.3 Å². The molecule has 1 amide bonds. The molecule has 4 nitrogen and oxygen atoms in total. The Kier molecular flexibility index (Phi) is 3.06. The van der Waals surface area contributed by atoms with Gasteiger partial charge in [0.25, 0.3) is 5.91 Å². The molecule has 3 rings (SSSR count). The van der Waals surface area contributed by atoms with Gasteiger partial charge in [0.15, 0.2) is 0 Å². The van der Waals surface area contributed by atoms with Gasteiger partial charge in [-0.2, -0.15) is 0 Å². The maximum Gasteiger partial charge on any atom is 0.258 e. The summed E-state index contributed by atoms with van der Waals surface area (Å²) in [6.07, 6.45) is 1.01. The lowest BCUT2D eigenvalue weighted by Gasteiger charge is -2.18. The van der Waals surface area contributed by atoms with E-state index in [9.17, 15) is 9.90 Å². The lowest BCUT2D eigenvalue weighted by Crippen LogP contribution is -2.26. The zero-order valence-corrected chi connectivity index (χ0v) is 11.3. The number of hydrogen-bond donors (Lipinski definition) is 2. The highest BCUT2D eigenvalue weighted by Gasteiger charge is 2.17. The van der Waals surface area contributed by atoms with Crippen molar-refractivity contribution in [1.29, 1.82) is 0 Å². The molecule has 0 aliphatic carbocycles. The number of nitrogens with one attached hydrogen (secondary N) is 1. The number of benzene rings is 2. The third-order valence-corrected chi connectivity index (χ3v) is 3.59. The number of anilines is 2.